The molecular weight excluding hydrogens is 296 g/mol. The van der Waals surface area contributed by atoms with Crippen LogP contribution in [-0.2, 0) is 0 Å². The van der Waals surface area contributed by atoms with Crippen molar-refractivity contribution in [1.29, 1.82) is 5.26 Å². The summed E-state index contributed by atoms with van der Waals surface area (Å²) in [6.45, 7) is 1.63. The third-order valence-electron chi connectivity index (χ3n) is 3.54. The van der Waals surface area contributed by atoms with Gasteiger partial charge in [0.2, 0.25) is 0 Å². The molecule has 6 nitrogen and oxygen atoms in total. The van der Waals surface area contributed by atoms with Crippen LogP contribution in [0.3, 0.4) is 0 Å². The standard InChI is InChI=1S/C17H12N2O4/c1-8-2-9(3-10(7-18)16(8)22)17-14(21)6-12-13(20)4-11(19)5-15(12)23-17/h2-6,21-22H,19H2,1H3. The lowest BCUT2D eigenvalue weighted by Crippen LogP contribution is -2.06. The first-order valence-corrected chi connectivity index (χ1v) is 6.71. The largest absolute Gasteiger partial charge is 0.506 e. The monoisotopic (exact) mass is 308 g/mol. The van der Waals surface area contributed by atoms with E-state index >= 15 is 0 Å². The van der Waals surface area contributed by atoms with Crippen molar-refractivity contribution in [3.63, 3.8) is 0 Å². The third kappa shape index (κ3) is 2.34. The summed E-state index contributed by atoms with van der Waals surface area (Å²) >= 11 is 0. The maximum atomic E-state index is 11.9. The number of hydrogen-bond acceptors (Lipinski definition) is 6. The van der Waals surface area contributed by atoms with Gasteiger partial charge in [0.25, 0.3) is 0 Å². The number of fused-ring (bicyclic) bond motifs is 1. The second-order valence-electron chi connectivity index (χ2n) is 5.19. The van der Waals surface area contributed by atoms with Gasteiger partial charge in [0.15, 0.2) is 16.9 Å². The van der Waals surface area contributed by atoms with E-state index < -0.39 is 0 Å². The Morgan fingerprint density at radius 2 is 1.91 bits per heavy atom. The Hall–Kier alpha value is -3.46. The molecule has 3 rings (SSSR count). The summed E-state index contributed by atoms with van der Waals surface area (Å²) in [5.74, 6) is -0.0508. The molecule has 1 aliphatic carbocycles. The van der Waals surface area contributed by atoms with Crippen LogP contribution in [0.15, 0.2) is 39.5 Å². The van der Waals surface area contributed by atoms with Crippen LogP contribution in [0.25, 0.3) is 22.6 Å². The van der Waals surface area contributed by atoms with Crippen LogP contribution in [0.5, 0.6) is 11.5 Å². The molecule has 0 aromatic heterocycles. The van der Waals surface area contributed by atoms with E-state index in [1.807, 2.05) is 6.07 Å². The molecule has 0 saturated heterocycles. The number of aryl methyl sites for hydroxylation is 1. The molecular formula is C17H12N2O4. The fourth-order valence-corrected chi connectivity index (χ4v) is 2.42. The van der Waals surface area contributed by atoms with E-state index in [0.29, 0.717) is 11.1 Å². The molecule has 4 N–H and O–H groups in total. The second kappa shape index (κ2) is 5.07. The number of nitrogens with two attached hydrogens (primary N) is 1. The van der Waals surface area contributed by atoms with Gasteiger partial charge in [0.05, 0.1) is 11.1 Å². The van der Waals surface area contributed by atoms with Gasteiger partial charge in [0, 0.05) is 23.4 Å². The van der Waals surface area contributed by atoms with E-state index in [1.165, 1.54) is 24.3 Å². The zero-order valence-electron chi connectivity index (χ0n) is 12.1. The van der Waals surface area contributed by atoms with Gasteiger partial charge in [-0.2, -0.15) is 5.26 Å². The molecule has 2 aliphatic rings. The number of phenolic OH excluding ortho intramolecular Hbond substituents is 1. The van der Waals surface area contributed by atoms with Crippen molar-refractivity contribution >= 4 is 5.69 Å². The van der Waals surface area contributed by atoms with Crippen molar-refractivity contribution < 1.29 is 14.6 Å². The van der Waals surface area contributed by atoms with Crippen LogP contribution in [0.2, 0.25) is 0 Å². The molecule has 0 saturated carbocycles. The molecule has 0 atom stereocenters. The van der Waals surface area contributed by atoms with Gasteiger partial charge >= 0.3 is 0 Å². The first-order valence-electron chi connectivity index (χ1n) is 6.71. The lowest BCUT2D eigenvalue weighted by atomic mass is 10.0. The predicted molar refractivity (Wildman–Crippen MR) is 84.2 cm³/mol. The number of hydrogen-bond donors (Lipinski definition) is 3. The average molecular weight is 308 g/mol. The highest BCUT2D eigenvalue weighted by molar-refractivity contribution is 5.75. The minimum absolute atomic E-state index is 0.0618. The predicted octanol–water partition coefficient (Wildman–Crippen LogP) is 2.59. The Bertz CT molecular complexity index is 999. The fraction of sp³-hybridized carbons (Fsp3) is 0.0588. The van der Waals surface area contributed by atoms with Crippen LogP contribution >= 0.6 is 0 Å². The first kappa shape index (κ1) is 14.5. The Morgan fingerprint density at radius 1 is 1.17 bits per heavy atom. The van der Waals surface area contributed by atoms with Crippen LogP contribution in [0.1, 0.15) is 11.1 Å². The highest BCUT2D eigenvalue weighted by Crippen LogP contribution is 2.38. The number of benzene rings is 2. The summed E-state index contributed by atoms with van der Waals surface area (Å²) < 4.78 is 5.61. The normalized spacial score (nSPS) is 10.6. The molecule has 1 aromatic rings. The van der Waals surface area contributed by atoms with E-state index in [-0.39, 0.29) is 45.3 Å². The number of aromatic hydroxyl groups is 2. The second-order valence-corrected chi connectivity index (χ2v) is 5.19. The van der Waals surface area contributed by atoms with Gasteiger partial charge in [-0.25, -0.2) is 0 Å². The van der Waals surface area contributed by atoms with Crippen molar-refractivity contribution in [2.45, 2.75) is 6.92 Å². The average Bonchev–Trinajstić information content (AvgIpc) is 2.50. The SMILES string of the molecule is Cc1cc(-c2oc3cc(N)cc(=O)c-3cc2O)cc(C#N)c1O. The maximum Gasteiger partial charge on any atom is 0.191 e. The van der Waals surface area contributed by atoms with E-state index in [2.05, 4.69) is 0 Å². The number of nitriles is 1. The van der Waals surface area contributed by atoms with Crippen molar-refractivity contribution in [2.75, 3.05) is 5.73 Å². The van der Waals surface area contributed by atoms with Crippen LogP contribution in [-0.4, -0.2) is 10.2 Å². The van der Waals surface area contributed by atoms with E-state index in [1.54, 1.807) is 13.0 Å². The summed E-state index contributed by atoms with van der Waals surface area (Å²) in [7, 11) is 0. The number of nitrogen functional groups attached to an aromatic ring is 1. The Labute approximate surface area is 131 Å². The summed E-state index contributed by atoms with van der Waals surface area (Å²) in [6, 6.07) is 8.88. The zero-order valence-corrected chi connectivity index (χ0v) is 12.1. The Balaban J connectivity index is 2.32. The smallest absolute Gasteiger partial charge is 0.191 e. The lowest BCUT2D eigenvalue weighted by Gasteiger charge is -2.12. The minimum atomic E-state index is -0.356. The van der Waals surface area contributed by atoms with E-state index in [9.17, 15) is 15.0 Å². The Kier molecular flexibility index (Phi) is 3.19. The number of rotatable bonds is 1. The minimum Gasteiger partial charge on any atom is -0.506 e. The Morgan fingerprint density at radius 3 is 2.61 bits per heavy atom. The fourth-order valence-electron chi connectivity index (χ4n) is 2.42. The highest BCUT2D eigenvalue weighted by Gasteiger charge is 2.18. The zero-order chi connectivity index (χ0) is 16.7. The number of nitrogens with zero attached hydrogens (tertiary/aromatic N) is 1. The lowest BCUT2D eigenvalue weighted by molar-refractivity contribution is 0.446. The van der Waals surface area contributed by atoms with Crippen LogP contribution in [0.4, 0.5) is 5.69 Å². The molecule has 0 fully saturated rings. The molecule has 0 radical (unpaired) electrons. The van der Waals surface area contributed by atoms with Gasteiger partial charge in [0.1, 0.15) is 17.6 Å². The molecule has 114 valence electrons. The van der Waals surface area contributed by atoms with Gasteiger partial charge in [-0.1, -0.05) is 0 Å². The van der Waals surface area contributed by atoms with E-state index in [4.69, 9.17) is 15.4 Å². The van der Waals surface area contributed by atoms with E-state index in [0.717, 1.165) is 0 Å². The molecule has 0 unspecified atom stereocenters. The van der Waals surface area contributed by atoms with Crippen molar-refractivity contribution in [3.05, 3.63) is 51.7 Å². The van der Waals surface area contributed by atoms with Gasteiger partial charge in [-0.3, -0.25) is 4.79 Å². The molecule has 6 heteroatoms. The maximum absolute atomic E-state index is 11.9. The molecule has 1 heterocycles. The molecule has 0 amide bonds. The molecule has 0 bridgehead atoms. The quantitative estimate of drug-likeness (QED) is 0.594. The van der Waals surface area contributed by atoms with Crippen molar-refractivity contribution in [2.24, 2.45) is 0 Å². The number of phenols is 1. The van der Waals surface area contributed by atoms with Gasteiger partial charge < -0.3 is 20.4 Å². The summed E-state index contributed by atoms with van der Waals surface area (Å²) in [5, 5.41) is 29.0. The van der Waals surface area contributed by atoms with Crippen molar-refractivity contribution in [3.8, 4) is 40.2 Å². The van der Waals surface area contributed by atoms with Crippen LogP contribution < -0.4 is 11.2 Å². The summed E-state index contributed by atoms with van der Waals surface area (Å²) in [6.07, 6.45) is 0. The molecule has 23 heavy (non-hydrogen) atoms. The number of anilines is 1. The summed E-state index contributed by atoms with van der Waals surface area (Å²) in [5.41, 5.74) is 6.68. The van der Waals surface area contributed by atoms with Gasteiger partial charge in [-0.15, -0.1) is 0 Å². The van der Waals surface area contributed by atoms with Crippen LogP contribution in [0, 0.1) is 18.3 Å². The molecule has 1 aliphatic heterocycles. The summed E-state index contributed by atoms with van der Waals surface area (Å²) in [4.78, 5) is 11.9. The topological polar surface area (TPSA) is 120 Å². The first-order chi connectivity index (χ1) is 10.9. The van der Waals surface area contributed by atoms with Gasteiger partial charge in [-0.05, 0) is 30.7 Å². The molecule has 0 spiro atoms. The third-order valence-corrected chi connectivity index (χ3v) is 3.54. The van der Waals surface area contributed by atoms with Crippen molar-refractivity contribution in [1.82, 2.24) is 0 Å². The molecule has 1 aromatic carbocycles. The highest BCUT2D eigenvalue weighted by atomic mass is 16.4.